The minimum absolute atomic E-state index is 0.0311. The zero-order valence-corrected chi connectivity index (χ0v) is 15.3. The Morgan fingerprint density at radius 3 is 2.76 bits per heavy atom. The number of hydrogen-bond donors (Lipinski definition) is 2. The van der Waals surface area contributed by atoms with E-state index in [0.717, 1.165) is 22.1 Å². The molecule has 1 amide bonds. The predicted octanol–water partition coefficient (Wildman–Crippen LogP) is 4.96. The van der Waals surface area contributed by atoms with Crippen molar-refractivity contribution in [1.29, 1.82) is 0 Å². The largest absolute Gasteiger partial charge is 0.349 e. The monoisotopic (exact) mass is 371 g/mol. The van der Waals surface area contributed by atoms with Crippen LogP contribution in [0.1, 0.15) is 24.2 Å². The van der Waals surface area contributed by atoms with Gasteiger partial charge in [0.2, 0.25) is 5.91 Å². The highest BCUT2D eigenvalue weighted by atomic mass is 35.5. The van der Waals surface area contributed by atoms with E-state index in [2.05, 4.69) is 15.6 Å². The van der Waals surface area contributed by atoms with Crippen LogP contribution in [0.25, 0.3) is 0 Å². The first-order valence-corrected chi connectivity index (χ1v) is 9.17. The van der Waals surface area contributed by atoms with Gasteiger partial charge in [0.05, 0.1) is 18.2 Å². The van der Waals surface area contributed by atoms with E-state index in [1.807, 2.05) is 66.9 Å². The van der Waals surface area contributed by atoms with Gasteiger partial charge in [0.25, 0.3) is 0 Å². The van der Waals surface area contributed by atoms with Crippen LogP contribution >= 0.6 is 22.9 Å². The second kappa shape index (κ2) is 8.14. The highest BCUT2D eigenvalue weighted by Gasteiger charge is 2.12. The van der Waals surface area contributed by atoms with E-state index in [-0.39, 0.29) is 18.4 Å². The summed E-state index contributed by atoms with van der Waals surface area (Å²) in [7, 11) is 0. The molecule has 0 aliphatic carbocycles. The molecule has 0 fully saturated rings. The minimum Gasteiger partial charge on any atom is -0.349 e. The molecule has 0 aliphatic heterocycles. The summed E-state index contributed by atoms with van der Waals surface area (Å²) in [5.41, 5.74) is 2.69. The van der Waals surface area contributed by atoms with Crippen LogP contribution in [0.3, 0.4) is 0 Å². The molecule has 1 heterocycles. The van der Waals surface area contributed by atoms with Gasteiger partial charge in [-0.1, -0.05) is 48.0 Å². The molecule has 3 rings (SSSR count). The first-order chi connectivity index (χ1) is 12.1. The Balaban J connectivity index is 1.56. The van der Waals surface area contributed by atoms with Crippen LogP contribution in [-0.2, 0) is 11.2 Å². The lowest BCUT2D eigenvalue weighted by Crippen LogP contribution is -2.28. The molecule has 0 aliphatic rings. The summed E-state index contributed by atoms with van der Waals surface area (Å²) in [6.45, 7) is 1.97. The number of carbonyl (C=O) groups excluding carboxylic acids is 1. The molecule has 1 unspecified atom stereocenters. The smallest absolute Gasteiger partial charge is 0.226 e. The fourth-order valence-corrected chi connectivity index (χ4v) is 3.34. The third kappa shape index (κ3) is 5.05. The first-order valence-electron chi connectivity index (χ1n) is 7.91. The Morgan fingerprint density at radius 2 is 2.00 bits per heavy atom. The standard InChI is InChI=1S/C19H18ClN3OS/c1-13(14-6-3-2-4-7-14)21-18(24)11-17-12-25-19(23-17)22-16-9-5-8-15(20)10-16/h2-10,12-13H,11H2,1H3,(H,21,24)(H,22,23). The summed E-state index contributed by atoms with van der Waals surface area (Å²) in [5, 5.41) is 9.48. The van der Waals surface area contributed by atoms with Gasteiger partial charge in [-0.15, -0.1) is 11.3 Å². The molecule has 0 bridgehead atoms. The molecule has 0 radical (unpaired) electrons. The molecular formula is C19H18ClN3OS. The zero-order chi connectivity index (χ0) is 17.6. The van der Waals surface area contributed by atoms with Gasteiger partial charge >= 0.3 is 0 Å². The number of hydrogen-bond acceptors (Lipinski definition) is 4. The average molecular weight is 372 g/mol. The first kappa shape index (κ1) is 17.5. The van der Waals surface area contributed by atoms with E-state index < -0.39 is 0 Å². The molecular weight excluding hydrogens is 354 g/mol. The van der Waals surface area contributed by atoms with Crippen molar-refractivity contribution in [2.24, 2.45) is 0 Å². The number of aromatic nitrogens is 1. The van der Waals surface area contributed by atoms with Crippen LogP contribution in [0.5, 0.6) is 0 Å². The molecule has 2 N–H and O–H groups in total. The fraction of sp³-hybridized carbons (Fsp3) is 0.158. The number of rotatable bonds is 6. The molecule has 0 saturated carbocycles. The number of amides is 1. The molecule has 0 spiro atoms. The van der Waals surface area contributed by atoms with Crippen LogP contribution in [0.2, 0.25) is 5.02 Å². The second-order valence-electron chi connectivity index (χ2n) is 5.66. The van der Waals surface area contributed by atoms with Crippen LogP contribution in [-0.4, -0.2) is 10.9 Å². The maximum Gasteiger partial charge on any atom is 0.226 e. The van der Waals surface area contributed by atoms with Crippen molar-refractivity contribution < 1.29 is 4.79 Å². The van der Waals surface area contributed by atoms with Gasteiger partial charge in [0.1, 0.15) is 0 Å². The van der Waals surface area contributed by atoms with Gasteiger partial charge in [-0.05, 0) is 30.7 Å². The lowest BCUT2D eigenvalue weighted by Gasteiger charge is -2.13. The summed E-state index contributed by atoms with van der Waals surface area (Å²) in [6, 6.07) is 17.3. The van der Waals surface area contributed by atoms with Crippen molar-refractivity contribution in [1.82, 2.24) is 10.3 Å². The summed E-state index contributed by atoms with van der Waals surface area (Å²) >= 11 is 7.44. The van der Waals surface area contributed by atoms with E-state index in [0.29, 0.717) is 5.02 Å². The Morgan fingerprint density at radius 1 is 1.20 bits per heavy atom. The summed E-state index contributed by atoms with van der Waals surface area (Å²) in [6.07, 6.45) is 0.255. The Bertz CT molecular complexity index is 851. The molecule has 2 aromatic carbocycles. The number of nitrogens with one attached hydrogen (secondary N) is 2. The molecule has 6 heteroatoms. The Kier molecular flexibility index (Phi) is 5.68. The number of anilines is 2. The van der Waals surface area contributed by atoms with E-state index in [1.165, 1.54) is 11.3 Å². The third-order valence-corrected chi connectivity index (χ3v) is 4.69. The minimum atomic E-state index is -0.0454. The van der Waals surface area contributed by atoms with Crippen molar-refractivity contribution in [2.45, 2.75) is 19.4 Å². The van der Waals surface area contributed by atoms with E-state index in [4.69, 9.17) is 11.6 Å². The number of benzene rings is 2. The van der Waals surface area contributed by atoms with Gasteiger partial charge in [-0.2, -0.15) is 0 Å². The SMILES string of the molecule is CC(NC(=O)Cc1csc(Nc2cccc(Cl)c2)n1)c1ccccc1. The van der Waals surface area contributed by atoms with Crippen LogP contribution < -0.4 is 10.6 Å². The molecule has 1 aromatic heterocycles. The molecule has 4 nitrogen and oxygen atoms in total. The van der Waals surface area contributed by atoms with Gasteiger partial charge < -0.3 is 10.6 Å². The van der Waals surface area contributed by atoms with E-state index in [1.54, 1.807) is 0 Å². The third-order valence-electron chi connectivity index (χ3n) is 3.65. The highest BCUT2D eigenvalue weighted by molar-refractivity contribution is 7.13. The maximum absolute atomic E-state index is 12.2. The fourth-order valence-electron chi connectivity index (χ4n) is 2.42. The summed E-state index contributed by atoms with van der Waals surface area (Å²) < 4.78 is 0. The van der Waals surface area contributed by atoms with E-state index >= 15 is 0 Å². The number of halogens is 1. The quantitative estimate of drug-likeness (QED) is 0.643. The molecule has 128 valence electrons. The normalized spacial score (nSPS) is 11.8. The number of nitrogens with zero attached hydrogens (tertiary/aromatic N) is 1. The lowest BCUT2D eigenvalue weighted by atomic mass is 10.1. The van der Waals surface area contributed by atoms with Crippen molar-refractivity contribution in [3.63, 3.8) is 0 Å². The second-order valence-corrected chi connectivity index (χ2v) is 6.95. The molecule has 1 atom stereocenters. The van der Waals surface area contributed by atoms with Crippen molar-refractivity contribution >= 4 is 39.7 Å². The lowest BCUT2D eigenvalue weighted by molar-refractivity contribution is -0.121. The van der Waals surface area contributed by atoms with Crippen molar-refractivity contribution in [2.75, 3.05) is 5.32 Å². The van der Waals surface area contributed by atoms with Gasteiger partial charge in [0, 0.05) is 16.1 Å². The van der Waals surface area contributed by atoms with Crippen LogP contribution in [0, 0.1) is 0 Å². The summed E-state index contributed by atoms with van der Waals surface area (Å²) in [4.78, 5) is 16.7. The van der Waals surface area contributed by atoms with Crippen LogP contribution in [0.4, 0.5) is 10.8 Å². The average Bonchev–Trinajstić information content (AvgIpc) is 3.02. The maximum atomic E-state index is 12.2. The highest BCUT2D eigenvalue weighted by Crippen LogP contribution is 2.23. The van der Waals surface area contributed by atoms with Gasteiger partial charge in [0.15, 0.2) is 5.13 Å². The van der Waals surface area contributed by atoms with Crippen molar-refractivity contribution in [3.8, 4) is 0 Å². The van der Waals surface area contributed by atoms with Gasteiger partial charge in [-0.3, -0.25) is 4.79 Å². The predicted molar refractivity (Wildman–Crippen MR) is 104 cm³/mol. The molecule has 25 heavy (non-hydrogen) atoms. The molecule has 3 aromatic rings. The number of thiazole rings is 1. The topological polar surface area (TPSA) is 54.0 Å². The van der Waals surface area contributed by atoms with Crippen molar-refractivity contribution in [3.05, 3.63) is 76.3 Å². The Labute approximate surface area is 155 Å². The van der Waals surface area contributed by atoms with Crippen LogP contribution in [0.15, 0.2) is 60.0 Å². The summed E-state index contributed by atoms with van der Waals surface area (Å²) in [5.74, 6) is -0.0454. The van der Waals surface area contributed by atoms with E-state index in [9.17, 15) is 4.79 Å². The van der Waals surface area contributed by atoms with Gasteiger partial charge in [-0.25, -0.2) is 4.98 Å². The zero-order valence-electron chi connectivity index (χ0n) is 13.7. The Hall–Kier alpha value is -2.37. The molecule has 0 saturated heterocycles. The number of carbonyl (C=O) groups is 1.